The minimum atomic E-state index is -0.0878. The van der Waals surface area contributed by atoms with Crippen molar-refractivity contribution in [2.24, 2.45) is 0 Å². The Morgan fingerprint density at radius 2 is 2.18 bits per heavy atom. The summed E-state index contributed by atoms with van der Waals surface area (Å²) in [4.78, 5) is 19.1. The first-order chi connectivity index (χ1) is 13.8. The molecular formula is C22H27N3O3. The lowest BCUT2D eigenvalue weighted by atomic mass is 10.0. The number of pyridine rings is 1. The molecule has 1 atom stereocenters. The zero-order chi connectivity index (χ0) is 19.2. The lowest BCUT2D eigenvalue weighted by molar-refractivity contribution is 0.0791. The predicted molar refractivity (Wildman–Crippen MR) is 106 cm³/mol. The van der Waals surface area contributed by atoms with E-state index >= 15 is 0 Å². The topological polar surface area (TPSA) is 63.7 Å². The van der Waals surface area contributed by atoms with Crippen LogP contribution in [0.2, 0.25) is 0 Å². The van der Waals surface area contributed by atoms with Crippen LogP contribution in [-0.2, 0) is 24.2 Å². The molecule has 3 heterocycles. The van der Waals surface area contributed by atoms with Crippen molar-refractivity contribution in [1.29, 1.82) is 0 Å². The van der Waals surface area contributed by atoms with Crippen molar-refractivity contribution in [2.45, 2.75) is 44.9 Å². The highest BCUT2D eigenvalue weighted by molar-refractivity contribution is 5.74. The van der Waals surface area contributed by atoms with Crippen LogP contribution < -0.4 is 10.1 Å². The summed E-state index contributed by atoms with van der Waals surface area (Å²) in [7, 11) is 0. The second-order valence-corrected chi connectivity index (χ2v) is 7.39. The summed E-state index contributed by atoms with van der Waals surface area (Å²) >= 11 is 0. The SMILES string of the molecule is O=C(NCc1ccc2c(c1)CCCO2)N(Cc1ccccn1)C[C@H]1CCCO1. The van der Waals surface area contributed by atoms with Gasteiger partial charge in [-0.3, -0.25) is 4.98 Å². The van der Waals surface area contributed by atoms with Gasteiger partial charge in [-0.15, -0.1) is 0 Å². The van der Waals surface area contributed by atoms with Crippen molar-refractivity contribution in [3.8, 4) is 5.75 Å². The molecule has 1 aromatic carbocycles. The van der Waals surface area contributed by atoms with E-state index in [1.807, 2.05) is 30.3 Å². The molecule has 6 heteroatoms. The fourth-order valence-corrected chi connectivity index (χ4v) is 3.75. The fraction of sp³-hybridized carbons (Fsp3) is 0.455. The number of hydrogen-bond acceptors (Lipinski definition) is 4. The first-order valence-corrected chi connectivity index (χ1v) is 10.1. The Hall–Kier alpha value is -2.60. The smallest absolute Gasteiger partial charge is 0.318 e. The second kappa shape index (κ2) is 9.06. The lowest BCUT2D eigenvalue weighted by Gasteiger charge is -2.25. The quantitative estimate of drug-likeness (QED) is 0.834. The molecule has 0 unspecified atom stereocenters. The van der Waals surface area contributed by atoms with Gasteiger partial charge >= 0.3 is 6.03 Å². The molecular weight excluding hydrogens is 354 g/mol. The number of ether oxygens (including phenoxy) is 2. The fourth-order valence-electron chi connectivity index (χ4n) is 3.75. The zero-order valence-electron chi connectivity index (χ0n) is 16.1. The predicted octanol–water partition coefficient (Wildman–Crippen LogP) is 3.30. The van der Waals surface area contributed by atoms with Gasteiger partial charge in [0.1, 0.15) is 5.75 Å². The summed E-state index contributed by atoms with van der Waals surface area (Å²) in [5.74, 6) is 0.969. The maximum Gasteiger partial charge on any atom is 0.318 e. The van der Waals surface area contributed by atoms with E-state index in [-0.39, 0.29) is 12.1 Å². The molecule has 2 aliphatic heterocycles. The molecule has 1 saturated heterocycles. The van der Waals surface area contributed by atoms with Gasteiger partial charge in [-0.2, -0.15) is 0 Å². The van der Waals surface area contributed by atoms with Gasteiger partial charge in [-0.1, -0.05) is 18.2 Å². The third kappa shape index (κ3) is 4.81. The summed E-state index contributed by atoms with van der Waals surface area (Å²) in [6.45, 7) is 3.12. The standard InChI is InChI=1S/C22H27N3O3/c26-22(24-14-17-8-9-21-18(13-17)5-3-12-28-21)25(16-20-7-4-11-27-20)15-19-6-1-2-10-23-19/h1-2,6,8-10,13,20H,3-5,7,11-12,14-16H2,(H,24,26)/t20-/m1/s1. The van der Waals surface area contributed by atoms with Crippen LogP contribution in [0.3, 0.4) is 0 Å². The monoisotopic (exact) mass is 381 g/mol. The van der Waals surface area contributed by atoms with Gasteiger partial charge in [0.15, 0.2) is 0 Å². The van der Waals surface area contributed by atoms with Crippen LogP contribution in [-0.4, -0.2) is 41.8 Å². The minimum Gasteiger partial charge on any atom is -0.493 e. The Balaban J connectivity index is 1.39. The highest BCUT2D eigenvalue weighted by Gasteiger charge is 2.23. The molecule has 1 fully saturated rings. The van der Waals surface area contributed by atoms with Crippen molar-refractivity contribution < 1.29 is 14.3 Å². The zero-order valence-corrected chi connectivity index (χ0v) is 16.1. The van der Waals surface area contributed by atoms with E-state index in [1.54, 1.807) is 11.1 Å². The lowest BCUT2D eigenvalue weighted by Crippen LogP contribution is -2.43. The number of carbonyl (C=O) groups excluding carboxylic acids is 1. The second-order valence-electron chi connectivity index (χ2n) is 7.39. The highest BCUT2D eigenvalue weighted by Crippen LogP contribution is 2.25. The largest absolute Gasteiger partial charge is 0.493 e. The number of rotatable bonds is 6. The highest BCUT2D eigenvalue weighted by atomic mass is 16.5. The molecule has 148 valence electrons. The van der Waals surface area contributed by atoms with Gasteiger partial charge in [0, 0.05) is 25.9 Å². The molecule has 0 radical (unpaired) electrons. The molecule has 2 aromatic rings. The number of nitrogens with one attached hydrogen (secondary N) is 1. The molecule has 2 amide bonds. The van der Waals surface area contributed by atoms with Gasteiger partial charge in [0.05, 0.1) is 24.9 Å². The molecule has 0 aliphatic carbocycles. The molecule has 0 saturated carbocycles. The molecule has 28 heavy (non-hydrogen) atoms. The number of amides is 2. The van der Waals surface area contributed by atoms with E-state index < -0.39 is 0 Å². The number of benzene rings is 1. The molecule has 0 spiro atoms. The van der Waals surface area contributed by atoms with Crippen molar-refractivity contribution in [1.82, 2.24) is 15.2 Å². The summed E-state index contributed by atoms with van der Waals surface area (Å²) < 4.78 is 11.4. The van der Waals surface area contributed by atoms with E-state index in [1.165, 1.54) is 5.56 Å². The Kier molecular flexibility index (Phi) is 6.07. The van der Waals surface area contributed by atoms with Gasteiger partial charge in [0.2, 0.25) is 0 Å². The number of carbonyl (C=O) groups is 1. The van der Waals surface area contributed by atoms with E-state index in [4.69, 9.17) is 9.47 Å². The Morgan fingerprint density at radius 1 is 1.21 bits per heavy atom. The Morgan fingerprint density at radius 3 is 3.00 bits per heavy atom. The van der Waals surface area contributed by atoms with E-state index in [0.29, 0.717) is 19.6 Å². The maximum atomic E-state index is 12.9. The third-order valence-corrected chi connectivity index (χ3v) is 5.23. The number of fused-ring (bicyclic) bond motifs is 1. The van der Waals surface area contributed by atoms with E-state index in [0.717, 1.165) is 55.9 Å². The van der Waals surface area contributed by atoms with Crippen LogP contribution in [0.25, 0.3) is 0 Å². The van der Waals surface area contributed by atoms with Crippen LogP contribution in [0.5, 0.6) is 5.75 Å². The molecule has 0 bridgehead atoms. The number of aryl methyl sites for hydroxylation is 1. The van der Waals surface area contributed by atoms with Crippen molar-refractivity contribution in [3.63, 3.8) is 0 Å². The average molecular weight is 381 g/mol. The Labute approximate surface area is 165 Å². The van der Waals surface area contributed by atoms with Crippen molar-refractivity contribution in [2.75, 3.05) is 19.8 Å². The van der Waals surface area contributed by atoms with Crippen LogP contribution in [0, 0.1) is 0 Å². The maximum absolute atomic E-state index is 12.9. The molecule has 1 N–H and O–H groups in total. The van der Waals surface area contributed by atoms with Crippen molar-refractivity contribution in [3.05, 3.63) is 59.4 Å². The van der Waals surface area contributed by atoms with Crippen LogP contribution >= 0.6 is 0 Å². The van der Waals surface area contributed by atoms with Crippen LogP contribution in [0.4, 0.5) is 4.79 Å². The molecule has 6 nitrogen and oxygen atoms in total. The van der Waals surface area contributed by atoms with Crippen molar-refractivity contribution >= 4 is 6.03 Å². The molecule has 1 aromatic heterocycles. The summed E-state index contributed by atoms with van der Waals surface area (Å²) in [5, 5.41) is 3.06. The summed E-state index contributed by atoms with van der Waals surface area (Å²) in [5.41, 5.74) is 3.19. The van der Waals surface area contributed by atoms with Gasteiger partial charge in [-0.25, -0.2) is 4.79 Å². The van der Waals surface area contributed by atoms with E-state index in [9.17, 15) is 4.79 Å². The number of aromatic nitrogens is 1. The van der Waals surface area contributed by atoms with Gasteiger partial charge in [-0.05, 0) is 55.0 Å². The normalized spacial score (nSPS) is 18.2. The van der Waals surface area contributed by atoms with Crippen LogP contribution in [0.15, 0.2) is 42.6 Å². The number of nitrogens with zero attached hydrogens (tertiary/aromatic N) is 2. The molecule has 4 rings (SSSR count). The third-order valence-electron chi connectivity index (χ3n) is 5.23. The van der Waals surface area contributed by atoms with Gasteiger partial charge < -0.3 is 19.7 Å². The number of urea groups is 1. The van der Waals surface area contributed by atoms with Crippen LogP contribution in [0.1, 0.15) is 36.1 Å². The average Bonchev–Trinajstić information content (AvgIpc) is 3.25. The van der Waals surface area contributed by atoms with Gasteiger partial charge in [0.25, 0.3) is 0 Å². The first-order valence-electron chi connectivity index (χ1n) is 10.1. The number of hydrogen-bond donors (Lipinski definition) is 1. The minimum absolute atomic E-state index is 0.0878. The summed E-state index contributed by atoms with van der Waals surface area (Å²) in [6, 6.07) is 11.8. The Bertz CT molecular complexity index is 791. The summed E-state index contributed by atoms with van der Waals surface area (Å²) in [6.07, 6.45) is 5.99. The molecule has 2 aliphatic rings. The first kappa shape index (κ1) is 18.7. The van der Waals surface area contributed by atoms with E-state index in [2.05, 4.69) is 16.4 Å².